The van der Waals surface area contributed by atoms with Crippen molar-refractivity contribution in [3.05, 3.63) is 130 Å². The van der Waals surface area contributed by atoms with Gasteiger partial charge in [-0.05, 0) is 80.1 Å². The van der Waals surface area contributed by atoms with Crippen molar-refractivity contribution in [2.45, 2.75) is 20.8 Å². The largest absolute Gasteiger partial charge is 0.488 e. The first-order valence-corrected chi connectivity index (χ1v) is 20.2. The Bertz CT molecular complexity index is 2510. The molecule has 12 heteroatoms. The molecule has 1 saturated heterocycles. The highest BCUT2D eigenvalue weighted by Gasteiger charge is 2.34. The highest BCUT2D eigenvalue weighted by molar-refractivity contribution is 5.99. The van der Waals surface area contributed by atoms with Gasteiger partial charge in [0, 0.05) is 72.6 Å². The predicted molar refractivity (Wildman–Crippen MR) is 234 cm³/mol. The van der Waals surface area contributed by atoms with Crippen LogP contribution in [-0.2, 0) is 14.3 Å². The van der Waals surface area contributed by atoms with E-state index < -0.39 is 5.97 Å². The molecule has 0 radical (unpaired) electrons. The number of hydrogen-bond donors (Lipinski definition) is 2. The normalized spacial score (nSPS) is 12.9. The lowest BCUT2D eigenvalue weighted by Crippen LogP contribution is -2.52. The first kappa shape index (κ1) is 41.2. The topological polar surface area (TPSA) is 130 Å². The fourth-order valence-electron chi connectivity index (χ4n) is 7.66. The number of carbonyl (C=O) groups excluding carboxylic acids is 2. The number of amides is 1. The predicted octanol–water partition coefficient (Wildman–Crippen LogP) is 6.53. The van der Waals surface area contributed by atoms with E-state index in [0.29, 0.717) is 53.8 Å². The van der Waals surface area contributed by atoms with Gasteiger partial charge in [0.25, 0.3) is 0 Å². The Morgan fingerprint density at radius 1 is 0.783 bits per heavy atom. The number of nitrogens with one attached hydrogen (secondary N) is 1. The number of carboxylic acids is 1. The lowest BCUT2D eigenvalue weighted by atomic mass is 9.89. The minimum atomic E-state index is -1.01. The highest BCUT2D eigenvalue weighted by Crippen LogP contribution is 2.41. The van der Waals surface area contributed by atoms with Gasteiger partial charge in [-0.3, -0.25) is 9.59 Å². The summed E-state index contributed by atoms with van der Waals surface area (Å²) in [5.74, 6) is 0.653. The summed E-state index contributed by atoms with van der Waals surface area (Å²) < 4.78 is 23.8. The number of carboxylic acid groups (broad SMARTS) is 1. The van der Waals surface area contributed by atoms with Crippen LogP contribution in [0.4, 0.5) is 22.7 Å². The van der Waals surface area contributed by atoms with Crippen LogP contribution in [0, 0.1) is 5.92 Å². The molecule has 60 heavy (non-hydrogen) atoms. The molecule has 0 saturated carbocycles. The van der Waals surface area contributed by atoms with Crippen LogP contribution in [0.1, 0.15) is 42.3 Å². The summed E-state index contributed by atoms with van der Waals surface area (Å²) in [6, 6.07) is 31.8. The third kappa shape index (κ3) is 8.73. The van der Waals surface area contributed by atoms with E-state index in [1.165, 1.54) is 7.11 Å². The molecule has 7 rings (SSSR count). The van der Waals surface area contributed by atoms with Crippen LogP contribution < -0.4 is 44.7 Å². The molecule has 0 aromatic heterocycles. The maximum absolute atomic E-state index is 13.6. The zero-order valence-electron chi connectivity index (χ0n) is 34.4. The van der Waals surface area contributed by atoms with Crippen molar-refractivity contribution in [1.29, 1.82) is 0 Å². The summed E-state index contributed by atoms with van der Waals surface area (Å²) in [7, 11) is 1.36. The molecule has 1 fully saturated rings. The number of benzene rings is 5. The van der Waals surface area contributed by atoms with Gasteiger partial charge in [0.05, 0.1) is 30.0 Å². The Morgan fingerprint density at radius 3 is 2.22 bits per heavy atom. The minimum Gasteiger partial charge on any atom is -0.488 e. The number of likely N-dealkylation sites (N-methyl/N-ethyl adjacent to an activating group) is 1. The van der Waals surface area contributed by atoms with Gasteiger partial charge < -0.3 is 44.1 Å². The molecule has 310 valence electrons. The molecule has 0 aliphatic carbocycles. The number of rotatable bonds is 17. The van der Waals surface area contributed by atoms with E-state index in [4.69, 9.17) is 18.9 Å². The van der Waals surface area contributed by atoms with E-state index in [-0.39, 0.29) is 43.1 Å². The molecule has 5 aromatic rings. The Kier molecular flexibility index (Phi) is 12.6. The van der Waals surface area contributed by atoms with Crippen molar-refractivity contribution in [3.63, 3.8) is 0 Å². The fraction of sp³-hybridized carbons (Fsp3) is 0.271. The molecule has 2 heterocycles. The monoisotopic (exact) mass is 810 g/mol. The van der Waals surface area contributed by atoms with Crippen LogP contribution >= 0.6 is 0 Å². The van der Waals surface area contributed by atoms with E-state index in [2.05, 4.69) is 35.5 Å². The van der Waals surface area contributed by atoms with Crippen molar-refractivity contribution >= 4 is 52.7 Å². The molecule has 2 aliphatic rings. The van der Waals surface area contributed by atoms with Crippen molar-refractivity contribution in [2.75, 3.05) is 79.6 Å². The Hall–Kier alpha value is -6.95. The quantitative estimate of drug-likeness (QED) is 0.0771. The maximum atomic E-state index is 13.6. The first-order chi connectivity index (χ1) is 29.1. The lowest BCUT2D eigenvalue weighted by Gasteiger charge is -2.40. The zero-order chi connectivity index (χ0) is 42.3. The molecule has 0 bridgehead atoms. The van der Waals surface area contributed by atoms with Crippen molar-refractivity contribution in [2.24, 2.45) is 5.92 Å². The summed E-state index contributed by atoms with van der Waals surface area (Å²) in [6.45, 7) is 14.0. The number of ether oxygens (including phenoxy) is 4. The average molecular weight is 811 g/mol. The lowest BCUT2D eigenvalue weighted by molar-refractivity contribution is -0.139. The molecular formula is C48H50N4O8. The van der Waals surface area contributed by atoms with E-state index in [0.717, 1.165) is 51.8 Å². The zero-order valence-corrected chi connectivity index (χ0v) is 34.4. The van der Waals surface area contributed by atoms with Crippen LogP contribution in [0.5, 0.6) is 23.0 Å². The van der Waals surface area contributed by atoms with Crippen molar-refractivity contribution in [1.82, 2.24) is 0 Å². The van der Waals surface area contributed by atoms with Gasteiger partial charge in [-0.25, -0.2) is 4.79 Å². The summed E-state index contributed by atoms with van der Waals surface area (Å²) in [5, 5.41) is 14.7. The van der Waals surface area contributed by atoms with Gasteiger partial charge in [-0.2, -0.15) is 0 Å². The van der Waals surface area contributed by atoms with Gasteiger partial charge in [0.2, 0.25) is 5.91 Å². The summed E-state index contributed by atoms with van der Waals surface area (Å²) >= 11 is 0. The van der Waals surface area contributed by atoms with Crippen LogP contribution in [0.15, 0.2) is 103 Å². The molecule has 2 N–H and O–H groups in total. The summed E-state index contributed by atoms with van der Waals surface area (Å²) in [4.78, 5) is 44.4. The second-order valence-corrected chi connectivity index (χ2v) is 14.5. The van der Waals surface area contributed by atoms with E-state index in [1.54, 1.807) is 24.3 Å². The maximum Gasteiger partial charge on any atom is 0.336 e. The van der Waals surface area contributed by atoms with Crippen LogP contribution in [0.2, 0.25) is 0 Å². The number of aromatic carboxylic acids is 1. The number of nitrogens with zero attached hydrogens (tertiary/aromatic N) is 3. The molecule has 1 amide bonds. The molecule has 0 unspecified atom stereocenters. The van der Waals surface area contributed by atoms with Gasteiger partial charge in [-0.1, -0.05) is 49.0 Å². The first-order valence-electron chi connectivity index (χ1n) is 20.2. The number of para-hydroxylation sites is 2. The highest BCUT2D eigenvalue weighted by atomic mass is 16.5. The van der Waals surface area contributed by atoms with E-state index in [1.807, 2.05) is 90.7 Å². The number of hydrogen-bond acceptors (Lipinski definition) is 10. The van der Waals surface area contributed by atoms with Crippen LogP contribution in [0.25, 0.3) is 12.2 Å². The Balaban J connectivity index is 1.05. The fourth-order valence-corrected chi connectivity index (χ4v) is 7.66. The van der Waals surface area contributed by atoms with Gasteiger partial charge >= 0.3 is 11.9 Å². The summed E-state index contributed by atoms with van der Waals surface area (Å²) in [6.07, 6.45) is 0. The van der Waals surface area contributed by atoms with Gasteiger partial charge in [0.15, 0.2) is 0 Å². The molecule has 12 nitrogen and oxygen atoms in total. The van der Waals surface area contributed by atoms with E-state index >= 15 is 0 Å². The second kappa shape index (κ2) is 18.3. The van der Waals surface area contributed by atoms with Crippen molar-refractivity contribution in [3.8, 4) is 23.0 Å². The van der Waals surface area contributed by atoms with Crippen molar-refractivity contribution < 1.29 is 38.4 Å². The average Bonchev–Trinajstić information content (AvgIpc) is 3.23. The summed E-state index contributed by atoms with van der Waals surface area (Å²) in [5.41, 5.74) is 5.49. The standard InChI is InChI=1S/C48H50N4O8/c1-6-50(7-2)39-15-11-12-16-41(39)58-23-24-59-44-26-33(18-22-40(44)51(8-3)30-45(53)57-5)49-47(54)32-28-52(29-32)34-19-21-38-43(27-34)60-42-25-31(4)17-20-37(42)46(38)35-13-9-10-14-36(35)48(55)56/h9-22,25-27,32H,4,6-8,23-24,28-30H2,1-3,5H3,(H,49,54)(H,55,56). The van der Waals surface area contributed by atoms with Crippen LogP contribution in [0.3, 0.4) is 0 Å². The third-order valence-corrected chi connectivity index (χ3v) is 10.9. The second-order valence-electron chi connectivity index (χ2n) is 14.5. The molecule has 0 spiro atoms. The minimum absolute atomic E-state index is 0.0345. The smallest absolute Gasteiger partial charge is 0.336 e. The van der Waals surface area contributed by atoms with Gasteiger partial charge in [-0.15, -0.1) is 0 Å². The number of fused-ring (bicyclic) bond motifs is 2. The van der Waals surface area contributed by atoms with Crippen LogP contribution in [-0.4, -0.2) is 82.5 Å². The Labute approximate surface area is 349 Å². The van der Waals surface area contributed by atoms with Gasteiger partial charge in [0.1, 0.15) is 42.8 Å². The molecule has 2 aliphatic heterocycles. The SMILES string of the molecule is C=c1ccc2c(c1)Oc1cc(N3CC(C(=O)Nc4ccc(N(CC)CC(=O)OC)c(OCCOc5ccccc5N(CC)CC)c4)C3)ccc1C=2c1ccccc1C(=O)O. The molecule has 0 atom stereocenters. The number of methoxy groups -OCH3 is 1. The third-order valence-electron chi connectivity index (χ3n) is 10.9. The Morgan fingerprint density at radius 2 is 1.48 bits per heavy atom. The number of esters is 1. The molecule has 5 aromatic carbocycles. The van der Waals surface area contributed by atoms with E-state index in [9.17, 15) is 19.5 Å². The number of anilines is 4. The number of carbonyl (C=O) groups is 3. The molecular weight excluding hydrogens is 761 g/mol.